The number of hydrogen-bond donors (Lipinski definition) is 1. The molecule has 1 aromatic rings. The zero-order valence-corrected chi connectivity index (χ0v) is 17.9. The van der Waals surface area contributed by atoms with Crippen LogP contribution in [-0.4, -0.2) is 48.5 Å². The van der Waals surface area contributed by atoms with Gasteiger partial charge in [-0.15, -0.1) is 0 Å². The highest BCUT2D eigenvalue weighted by molar-refractivity contribution is 7.91. The second-order valence-corrected chi connectivity index (χ2v) is 10.8. The number of hydrazone groups is 1. The van der Waals surface area contributed by atoms with Gasteiger partial charge < -0.3 is 5.32 Å². The maximum Gasteiger partial charge on any atom is 0.267 e. The van der Waals surface area contributed by atoms with Crippen LogP contribution >= 0.6 is 0 Å². The lowest BCUT2D eigenvalue weighted by molar-refractivity contribution is -0.133. The Labute approximate surface area is 177 Å². The topological polar surface area (TPSA) is 95.9 Å². The summed E-state index contributed by atoms with van der Waals surface area (Å²) in [6.07, 6.45) is 6.58. The van der Waals surface area contributed by atoms with Crippen molar-refractivity contribution in [2.45, 2.75) is 63.5 Å². The lowest BCUT2D eigenvalue weighted by Gasteiger charge is -2.32. The molecule has 2 heterocycles. The van der Waals surface area contributed by atoms with Crippen molar-refractivity contribution >= 4 is 27.4 Å². The number of carbonyl (C=O) groups excluding carboxylic acids is 2. The van der Waals surface area contributed by atoms with E-state index in [1.165, 1.54) is 24.3 Å². The Morgan fingerprint density at radius 2 is 1.80 bits per heavy atom. The second kappa shape index (κ2) is 8.88. The Kier molecular flexibility index (Phi) is 6.22. The fourth-order valence-electron chi connectivity index (χ4n) is 4.81. The standard InChI is InChI=1S/C22H29N3O4S/c26-20-12-11-19(24-25(20)18-13-14-30(28,29)15-18)22(27)23-21(16-7-3-1-4-8-16)17-9-5-2-6-10-17/h1,3-4,7-8,17-18,21H,2,5-6,9-15H2,(H,23,27). The van der Waals surface area contributed by atoms with Gasteiger partial charge in [-0.3, -0.25) is 9.59 Å². The van der Waals surface area contributed by atoms with Crippen molar-refractivity contribution in [3.8, 4) is 0 Å². The first kappa shape index (κ1) is 21.0. The number of rotatable bonds is 5. The van der Waals surface area contributed by atoms with Crippen molar-refractivity contribution in [1.29, 1.82) is 0 Å². The number of benzene rings is 1. The van der Waals surface area contributed by atoms with Crippen molar-refractivity contribution in [3.05, 3.63) is 35.9 Å². The molecule has 2 atom stereocenters. The van der Waals surface area contributed by atoms with Gasteiger partial charge >= 0.3 is 0 Å². The van der Waals surface area contributed by atoms with Crippen LogP contribution in [0.15, 0.2) is 35.4 Å². The van der Waals surface area contributed by atoms with E-state index in [2.05, 4.69) is 10.4 Å². The highest BCUT2D eigenvalue weighted by Crippen LogP contribution is 2.34. The predicted molar refractivity (Wildman–Crippen MR) is 114 cm³/mol. The molecule has 1 aliphatic carbocycles. The van der Waals surface area contributed by atoms with Gasteiger partial charge in [0.1, 0.15) is 5.71 Å². The number of amides is 2. The highest BCUT2D eigenvalue weighted by Gasteiger charge is 2.38. The van der Waals surface area contributed by atoms with Gasteiger partial charge in [0.2, 0.25) is 5.91 Å². The molecule has 2 aliphatic heterocycles. The largest absolute Gasteiger partial charge is 0.344 e. The Morgan fingerprint density at radius 3 is 2.47 bits per heavy atom. The molecule has 0 spiro atoms. The molecule has 1 saturated carbocycles. The van der Waals surface area contributed by atoms with Gasteiger partial charge in [0.05, 0.1) is 23.6 Å². The third kappa shape index (κ3) is 4.74. The summed E-state index contributed by atoms with van der Waals surface area (Å²) < 4.78 is 23.6. The Morgan fingerprint density at radius 1 is 1.07 bits per heavy atom. The molecule has 2 fully saturated rings. The molecular formula is C22H29N3O4S. The van der Waals surface area contributed by atoms with Crippen molar-refractivity contribution in [1.82, 2.24) is 10.3 Å². The maximum absolute atomic E-state index is 13.1. The summed E-state index contributed by atoms with van der Waals surface area (Å²) in [5.41, 5.74) is 1.40. The van der Waals surface area contributed by atoms with Crippen LogP contribution in [0.3, 0.4) is 0 Å². The van der Waals surface area contributed by atoms with E-state index >= 15 is 0 Å². The van der Waals surface area contributed by atoms with E-state index in [-0.39, 0.29) is 42.2 Å². The van der Waals surface area contributed by atoms with Gasteiger partial charge in [-0.2, -0.15) is 5.10 Å². The number of hydrogen-bond acceptors (Lipinski definition) is 5. The van der Waals surface area contributed by atoms with Crippen LogP contribution < -0.4 is 5.32 Å². The van der Waals surface area contributed by atoms with Gasteiger partial charge in [-0.25, -0.2) is 13.4 Å². The molecule has 0 radical (unpaired) electrons. The molecule has 1 aromatic carbocycles. The number of carbonyl (C=O) groups is 2. The first-order chi connectivity index (χ1) is 14.4. The third-order valence-corrected chi connectivity index (χ3v) is 8.19. The molecule has 8 heteroatoms. The van der Waals surface area contributed by atoms with Crippen LogP contribution in [0, 0.1) is 5.92 Å². The van der Waals surface area contributed by atoms with E-state index in [0.717, 1.165) is 18.4 Å². The van der Waals surface area contributed by atoms with Crippen LogP contribution in [0.2, 0.25) is 0 Å². The molecule has 1 saturated heterocycles. The van der Waals surface area contributed by atoms with Crippen molar-refractivity contribution in [3.63, 3.8) is 0 Å². The average Bonchev–Trinajstić information content (AvgIpc) is 3.13. The fourth-order valence-corrected chi connectivity index (χ4v) is 6.51. The normalized spacial score (nSPS) is 25.6. The Bertz CT molecular complexity index is 923. The van der Waals surface area contributed by atoms with Gasteiger partial charge in [0.25, 0.3) is 5.91 Å². The van der Waals surface area contributed by atoms with E-state index in [0.29, 0.717) is 18.1 Å². The van der Waals surface area contributed by atoms with Crippen LogP contribution in [0.25, 0.3) is 0 Å². The molecule has 7 nitrogen and oxygen atoms in total. The van der Waals surface area contributed by atoms with Crippen LogP contribution in [0.5, 0.6) is 0 Å². The molecule has 3 aliphatic rings. The summed E-state index contributed by atoms with van der Waals surface area (Å²) in [5, 5.41) is 8.77. The zero-order valence-electron chi connectivity index (χ0n) is 17.1. The quantitative estimate of drug-likeness (QED) is 0.775. The monoisotopic (exact) mass is 431 g/mol. The predicted octanol–water partition coefficient (Wildman–Crippen LogP) is 2.59. The van der Waals surface area contributed by atoms with Crippen molar-refractivity contribution < 1.29 is 18.0 Å². The fraction of sp³-hybridized carbons (Fsp3) is 0.591. The van der Waals surface area contributed by atoms with Gasteiger partial charge in [0, 0.05) is 12.8 Å². The SMILES string of the molecule is O=C(NC(c1ccccc1)C1CCCCC1)C1=NN(C2CCS(=O)(=O)C2)C(=O)CC1. The number of nitrogens with one attached hydrogen (secondary N) is 1. The summed E-state index contributed by atoms with van der Waals surface area (Å²) >= 11 is 0. The summed E-state index contributed by atoms with van der Waals surface area (Å²) in [7, 11) is -3.14. The Hall–Kier alpha value is -2.22. The maximum atomic E-state index is 13.1. The molecule has 162 valence electrons. The van der Waals surface area contributed by atoms with E-state index in [9.17, 15) is 18.0 Å². The van der Waals surface area contributed by atoms with Crippen molar-refractivity contribution in [2.75, 3.05) is 11.5 Å². The zero-order chi connectivity index (χ0) is 21.1. The molecule has 30 heavy (non-hydrogen) atoms. The molecule has 2 unspecified atom stereocenters. The summed E-state index contributed by atoms with van der Waals surface area (Å²) in [5.74, 6) is -0.0948. The molecule has 0 bridgehead atoms. The van der Waals surface area contributed by atoms with Crippen molar-refractivity contribution in [2.24, 2.45) is 11.0 Å². The van der Waals surface area contributed by atoms with Gasteiger partial charge in [0.15, 0.2) is 9.84 Å². The molecular weight excluding hydrogens is 402 g/mol. The summed E-state index contributed by atoms with van der Waals surface area (Å²) in [6.45, 7) is 0. The van der Waals surface area contributed by atoms with Gasteiger partial charge in [-0.05, 0) is 30.7 Å². The third-order valence-electron chi connectivity index (χ3n) is 6.44. The average molecular weight is 432 g/mol. The minimum Gasteiger partial charge on any atom is -0.344 e. The first-order valence-electron chi connectivity index (χ1n) is 10.9. The smallest absolute Gasteiger partial charge is 0.267 e. The summed E-state index contributed by atoms with van der Waals surface area (Å²) in [4.78, 5) is 25.5. The minimum absolute atomic E-state index is 0.0657. The summed E-state index contributed by atoms with van der Waals surface area (Å²) in [6, 6.07) is 9.47. The van der Waals surface area contributed by atoms with Crippen LogP contribution in [-0.2, 0) is 19.4 Å². The van der Waals surface area contributed by atoms with E-state index in [1.807, 2.05) is 30.3 Å². The second-order valence-electron chi connectivity index (χ2n) is 8.60. The molecule has 0 aromatic heterocycles. The first-order valence-corrected chi connectivity index (χ1v) is 12.7. The van der Waals surface area contributed by atoms with Gasteiger partial charge in [-0.1, -0.05) is 49.6 Å². The molecule has 2 amide bonds. The Balaban J connectivity index is 1.53. The minimum atomic E-state index is -3.14. The molecule has 1 N–H and O–H groups in total. The van der Waals surface area contributed by atoms with E-state index in [4.69, 9.17) is 0 Å². The van der Waals surface area contributed by atoms with Crippen LogP contribution in [0.4, 0.5) is 0 Å². The van der Waals surface area contributed by atoms with Crippen LogP contribution in [0.1, 0.15) is 63.0 Å². The number of nitrogens with zero attached hydrogens (tertiary/aromatic N) is 2. The van der Waals surface area contributed by atoms with E-state index < -0.39 is 15.9 Å². The van der Waals surface area contributed by atoms with E-state index in [1.54, 1.807) is 0 Å². The molecule has 4 rings (SSSR count). The lowest BCUT2D eigenvalue weighted by Crippen LogP contribution is -2.45. The highest BCUT2D eigenvalue weighted by atomic mass is 32.2. The number of sulfone groups is 1. The lowest BCUT2D eigenvalue weighted by atomic mass is 9.81.